The van der Waals surface area contributed by atoms with Crippen LogP contribution < -0.4 is 4.90 Å². The fourth-order valence-electron chi connectivity index (χ4n) is 5.29. The molecule has 0 aromatic heterocycles. The summed E-state index contributed by atoms with van der Waals surface area (Å²) in [5.41, 5.74) is 2.50. The van der Waals surface area contributed by atoms with Gasteiger partial charge in [-0.1, -0.05) is 43.5 Å². The molecule has 0 bridgehead atoms. The van der Waals surface area contributed by atoms with Crippen LogP contribution in [0.1, 0.15) is 59.5 Å². The summed E-state index contributed by atoms with van der Waals surface area (Å²) in [6.45, 7) is 0.155. The third-order valence-corrected chi connectivity index (χ3v) is 8.80. The van der Waals surface area contributed by atoms with E-state index in [-0.39, 0.29) is 36.9 Å². The second-order valence-electron chi connectivity index (χ2n) is 10.4. The zero-order valence-corrected chi connectivity index (χ0v) is 22.7. The van der Waals surface area contributed by atoms with E-state index in [0.717, 1.165) is 18.4 Å². The van der Waals surface area contributed by atoms with E-state index in [1.54, 1.807) is 0 Å². The standard InChI is InChI=1S/C30H27F5N2O3S/c31-24-25(32)27(34)29(28(35)26(24)33)41-36-14-21(15-36)30(40)37(22-11-10-20(16-38)23(39)12-22)13-17-6-8-19(9-7-17)18-4-2-1-3-5-18/h6-12,16,18,21,39H,1-5,13-15H2. The number of carbonyl (C=O) groups is 2. The smallest absolute Gasteiger partial charge is 0.233 e. The second-order valence-corrected chi connectivity index (χ2v) is 11.5. The van der Waals surface area contributed by atoms with Gasteiger partial charge >= 0.3 is 0 Å². The first-order chi connectivity index (χ1) is 19.7. The molecule has 0 atom stereocenters. The topological polar surface area (TPSA) is 60.9 Å². The van der Waals surface area contributed by atoms with Gasteiger partial charge in [-0.15, -0.1) is 0 Å². The molecule has 1 N–H and O–H groups in total. The van der Waals surface area contributed by atoms with Crippen LogP contribution in [0, 0.1) is 35.0 Å². The number of hydrogen-bond acceptors (Lipinski definition) is 5. The summed E-state index contributed by atoms with van der Waals surface area (Å²) in [5.74, 6) is -10.9. The summed E-state index contributed by atoms with van der Waals surface area (Å²) >= 11 is 0.363. The molecule has 1 aliphatic heterocycles. The lowest BCUT2D eigenvalue weighted by Crippen LogP contribution is -2.51. The first kappa shape index (κ1) is 29.1. The number of halogens is 5. The van der Waals surface area contributed by atoms with Crippen molar-refractivity contribution in [2.24, 2.45) is 5.92 Å². The van der Waals surface area contributed by atoms with Gasteiger partial charge in [0.2, 0.25) is 11.7 Å². The van der Waals surface area contributed by atoms with Crippen molar-refractivity contribution in [3.63, 3.8) is 0 Å². The number of phenols is 1. The van der Waals surface area contributed by atoms with E-state index in [1.165, 1.54) is 52.2 Å². The lowest BCUT2D eigenvalue weighted by atomic mass is 9.84. The quantitative estimate of drug-likeness (QED) is 0.0996. The number of anilines is 1. The normalized spacial score (nSPS) is 16.4. The van der Waals surface area contributed by atoms with Gasteiger partial charge in [-0.25, -0.2) is 26.3 Å². The Kier molecular flexibility index (Phi) is 8.65. The maximum Gasteiger partial charge on any atom is 0.233 e. The third kappa shape index (κ3) is 5.97. The van der Waals surface area contributed by atoms with E-state index in [4.69, 9.17) is 0 Å². The molecule has 5 nitrogen and oxygen atoms in total. The van der Waals surface area contributed by atoms with Crippen LogP contribution in [0.15, 0.2) is 47.4 Å². The van der Waals surface area contributed by atoms with Crippen molar-refractivity contribution in [1.29, 1.82) is 0 Å². The SMILES string of the molecule is O=Cc1ccc(N(Cc2ccc(C3CCCCC3)cc2)C(=O)C2CN(Sc3c(F)c(F)c(F)c(F)c3F)C2)cc1O. The molecule has 0 radical (unpaired) electrons. The van der Waals surface area contributed by atoms with Crippen LogP contribution >= 0.6 is 11.9 Å². The van der Waals surface area contributed by atoms with Crippen LogP contribution in [0.3, 0.4) is 0 Å². The lowest BCUT2D eigenvalue weighted by molar-refractivity contribution is -0.125. The molecule has 11 heteroatoms. The van der Waals surface area contributed by atoms with Gasteiger partial charge in [0.25, 0.3) is 0 Å². The van der Waals surface area contributed by atoms with Gasteiger partial charge < -0.3 is 10.0 Å². The molecule has 41 heavy (non-hydrogen) atoms. The average molecular weight is 591 g/mol. The highest BCUT2D eigenvalue weighted by Gasteiger charge is 2.38. The Hall–Kier alpha value is -3.44. The van der Waals surface area contributed by atoms with Crippen molar-refractivity contribution in [2.75, 3.05) is 18.0 Å². The first-order valence-corrected chi connectivity index (χ1v) is 14.1. The number of phenolic OH excluding ortho intramolecular Hbond substituents is 1. The zero-order chi connectivity index (χ0) is 29.3. The predicted octanol–water partition coefficient (Wildman–Crippen LogP) is 7.12. The molecule has 1 amide bonds. The van der Waals surface area contributed by atoms with Crippen molar-refractivity contribution < 1.29 is 36.6 Å². The van der Waals surface area contributed by atoms with Crippen LogP contribution in [-0.4, -0.2) is 34.7 Å². The summed E-state index contributed by atoms with van der Waals surface area (Å²) in [6.07, 6.45) is 6.45. The summed E-state index contributed by atoms with van der Waals surface area (Å²) in [4.78, 5) is 25.2. The zero-order valence-electron chi connectivity index (χ0n) is 21.9. The second kappa shape index (κ2) is 12.2. The van der Waals surface area contributed by atoms with Gasteiger partial charge in [0.05, 0.1) is 18.0 Å². The summed E-state index contributed by atoms with van der Waals surface area (Å²) in [5, 5.41) is 10.3. The number of hydrogen-bond donors (Lipinski definition) is 1. The minimum absolute atomic E-state index is 0.00147. The van der Waals surface area contributed by atoms with Crippen LogP contribution in [0.25, 0.3) is 0 Å². The number of nitrogens with zero attached hydrogens (tertiary/aromatic N) is 2. The number of rotatable bonds is 8. The van der Waals surface area contributed by atoms with Crippen molar-refractivity contribution in [3.05, 3.63) is 88.2 Å². The molecular weight excluding hydrogens is 563 g/mol. The monoisotopic (exact) mass is 590 g/mol. The molecule has 1 heterocycles. The molecule has 216 valence electrons. The molecule has 1 saturated heterocycles. The Bertz CT molecular complexity index is 1430. The van der Waals surface area contributed by atoms with Gasteiger partial charge in [-0.2, -0.15) is 0 Å². The fraction of sp³-hybridized carbons (Fsp3) is 0.333. The Morgan fingerprint density at radius 1 is 0.902 bits per heavy atom. The van der Waals surface area contributed by atoms with Gasteiger partial charge in [0.1, 0.15) is 10.6 Å². The Balaban J connectivity index is 1.33. The predicted molar refractivity (Wildman–Crippen MR) is 144 cm³/mol. The third-order valence-electron chi connectivity index (χ3n) is 7.70. The molecule has 0 unspecified atom stereocenters. The van der Waals surface area contributed by atoms with E-state index in [1.807, 2.05) is 12.1 Å². The van der Waals surface area contributed by atoms with Gasteiger partial charge in [0.15, 0.2) is 29.6 Å². The van der Waals surface area contributed by atoms with Crippen molar-refractivity contribution >= 4 is 29.8 Å². The number of carbonyl (C=O) groups excluding carboxylic acids is 2. The Labute approximate surface area is 238 Å². The van der Waals surface area contributed by atoms with Gasteiger partial charge in [-0.05, 0) is 54.0 Å². The first-order valence-electron chi connectivity index (χ1n) is 13.3. The highest BCUT2D eigenvalue weighted by atomic mass is 32.2. The molecule has 2 aliphatic rings. The van der Waals surface area contributed by atoms with Crippen molar-refractivity contribution in [2.45, 2.75) is 49.5 Å². The van der Waals surface area contributed by atoms with Gasteiger partial charge in [0, 0.05) is 24.8 Å². The van der Waals surface area contributed by atoms with Crippen LogP contribution in [0.4, 0.5) is 27.6 Å². The lowest BCUT2D eigenvalue weighted by Gasteiger charge is -2.39. The average Bonchev–Trinajstić information content (AvgIpc) is 2.97. The molecule has 1 aliphatic carbocycles. The Morgan fingerprint density at radius 2 is 1.51 bits per heavy atom. The minimum Gasteiger partial charge on any atom is -0.507 e. The maximum atomic E-state index is 14.1. The van der Waals surface area contributed by atoms with Crippen LogP contribution in [-0.2, 0) is 11.3 Å². The van der Waals surface area contributed by atoms with Crippen molar-refractivity contribution in [1.82, 2.24) is 4.31 Å². The van der Waals surface area contributed by atoms with Gasteiger partial charge in [-0.3, -0.25) is 9.59 Å². The number of aromatic hydroxyl groups is 1. The van der Waals surface area contributed by atoms with E-state index >= 15 is 0 Å². The molecule has 3 aromatic rings. The summed E-state index contributed by atoms with van der Waals surface area (Å²) in [7, 11) is 0. The Morgan fingerprint density at radius 3 is 2.10 bits per heavy atom. The van der Waals surface area contributed by atoms with Crippen LogP contribution in [0.2, 0.25) is 0 Å². The largest absolute Gasteiger partial charge is 0.507 e. The van der Waals surface area contributed by atoms with E-state index in [9.17, 15) is 36.6 Å². The molecule has 5 rings (SSSR count). The van der Waals surface area contributed by atoms with Crippen LogP contribution in [0.5, 0.6) is 5.75 Å². The number of aldehydes is 1. The van der Waals surface area contributed by atoms with E-state index in [2.05, 4.69) is 12.1 Å². The number of benzene rings is 3. The maximum absolute atomic E-state index is 14.1. The van der Waals surface area contributed by atoms with E-state index in [0.29, 0.717) is 29.8 Å². The summed E-state index contributed by atoms with van der Waals surface area (Å²) < 4.78 is 70.2. The van der Waals surface area contributed by atoms with Crippen molar-refractivity contribution in [3.8, 4) is 5.75 Å². The highest BCUT2D eigenvalue weighted by molar-refractivity contribution is 7.97. The molecular formula is C30H27F5N2O3S. The molecule has 3 aromatic carbocycles. The molecule has 0 spiro atoms. The molecule has 2 fully saturated rings. The molecule has 1 saturated carbocycles. The number of amides is 1. The summed E-state index contributed by atoms with van der Waals surface area (Å²) in [6, 6.07) is 12.3. The van der Waals surface area contributed by atoms with E-state index < -0.39 is 39.9 Å². The highest BCUT2D eigenvalue weighted by Crippen LogP contribution is 2.38. The fourth-order valence-corrected chi connectivity index (χ4v) is 6.40. The minimum atomic E-state index is -2.23.